The Hall–Kier alpha value is -1.06. The van der Waals surface area contributed by atoms with E-state index < -0.39 is 11.7 Å². The molecule has 4 heteroatoms. The van der Waals surface area contributed by atoms with E-state index in [2.05, 4.69) is 11.9 Å². The maximum atomic E-state index is 12.8. The molecule has 0 aromatic carbocycles. The summed E-state index contributed by atoms with van der Waals surface area (Å²) in [6, 6.07) is 1.07. The van der Waals surface area contributed by atoms with Crippen LogP contribution in [0.1, 0.15) is 63.0 Å². The summed E-state index contributed by atoms with van der Waals surface area (Å²) in [6.07, 6.45) is 3.40. The number of hydrogen-bond acceptors (Lipinski definition) is 1. The third kappa shape index (κ3) is 4.31. The number of hydrogen-bond donors (Lipinski definition) is 0. The molecule has 1 rings (SSSR count). The third-order valence-corrected chi connectivity index (χ3v) is 3.18. The molecule has 0 bridgehead atoms. The molecule has 0 aliphatic heterocycles. The van der Waals surface area contributed by atoms with Gasteiger partial charge in [-0.25, -0.2) is 0 Å². The largest absolute Gasteiger partial charge is 0.416 e. The topological polar surface area (TPSA) is 12.9 Å². The van der Waals surface area contributed by atoms with Crippen molar-refractivity contribution < 1.29 is 13.2 Å². The maximum Gasteiger partial charge on any atom is 0.416 e. The number of nitrogens with zero attached hydrogens (tertiary/aromatic N) is 1. The molecule has 1 aromatic rings. The van der Waals surface area contributed by atoms with Crippen LogP contribution in [0.25, 0.3) is 0 Å². The molecule has 0 N–H and O–H groups in total. The summed E-state index contributed by atoms with van der Waals surface area (Å²) in [5, 5.41) is 0. The minimum Gasteiger partial charge on any atom is -0.264 e. The molecule has 18 heavy (non-hydrogen) atoms. The van der Waals surface area contributed by atoms with Gasteiger partial charge >= 0.3 is 6.18 Å². The molecule has 0 amide bonds. The first-order chi connectivity index (χ1) is 8.46. The van der Waals surface area contributed by atoms with E-state index in [9.17, 15) is 13.2 Å². The lowest BCUT2D eigenvalue weighted by molar-refractivity contribution is -0.138. The monoisotopic (exact) mass is 259 g/mol. The van der Waals surface area contributed by atoms with Crippen molar-refractivity contribution in [1.29, 1.82) is 0 Å². The molecular weight excluding hydrogens is 239 g/mol. The summed E-state index contributed by atoms with van der Waals surface area (Å²) in [5.41, 5.74) is -0.220. The number of rotatable bonds is 6. The van der Waals surface area contributed by atoms with Crippen molar-refractivity contribution >= 4 is 0 Å². The van der Waals surface area contributed by atoms with Crippen LogP contribution in [0.15, 0.2) is 18.5 Å². The summed E-state index contributed by atoms with van der Waals surface area (Å²) in [7, 11) is 0. The second kappa shape index (κ2) is 6.76. The second-order valence-electron chi connectivity index (χ2n) is 4.71. The van der Waals surface area contributed by atoms with Crippen LogP contribution in [0, 0.1) is 0 Å². The van der Waals surface area contributed by atoms with Crippen LogP contribution in [-0.4, -0.2) is 4.98 Å². The van der Waals surface area contributed by atoms with Gasteiger partial charge in [0.1, 0.15) is 0 Å². The zero-order chi connectivity index (χ0) is 13.6. The van der Waals surface area contributed by atoms with E-state index in [1.165, 1.54) is 12.4 Å². The molecule has 1 unspecified atom stereocenters. The highest BCUT2D eigenvalue weighted by Crippen LogP contribution is 2.36. The van der Waals surface area contributed by atoms with Gasteiger partial charge in [0.2, 0.25) is 0 Å². The van der Waals surface area contributed by atoms with Gasteiger partial charge in [0.15, 0.2) is 0 Å². The van der Waals surface area contributed by atoms with Gasteiger partial charge in [-0.2, -0.15) is 13.2 Å². The summed E-state index contributed by atoms with van der Waals surface area (Å²) >= 11 is 0. The second-order valence-corrected chi connectivity index (χ2v) is 4.71. The Balaban J connectivity index is 2.70. The fourth-order valence-corrected chi connectivity index (χ4v) is 2.09. The van der Waals surface area contributed by atoms with Crippen LogP contribution >= 0.6 is 0 Å². The Morgan fingerprint density at radius 3 is 2.56 bits per heavy atom. The number of unbranched alkanes of at least 4 members (excludes halogenated alkanes) is 3. The Labute approximate surface area is 106 Å². The summed E-state index contributed by atoms with van der Waals surface area (Å²) in [6.45, 7) is 3.96. The summed E-state index contributed by atoms with van der Waals surface area (Å²) in [5.74, 6) is -0.0906. The maximum absolute atomic E-state index is 12.8. The van der Waals surface area contributed by atoms with Crippen LogP contribution in [0.3, 0.4) is 0 Å². The Kier molecular flexibility index (Phi) is 5.63. The Morgan fingerprint density at radius 2 is 1.94 bits per heavy atom. The molecule has 1 heterocycles. The van der Waals surface area contributed by atoms with E-state index in [4.69, 9.17) is 0 Å². The van der Waals surface area contributed by atoms with Gasteiger partial charge in [0, 0.05) is 12.4 Å². The zero-order valence-electron chi connectivity index (χ0n) is 10.9. The normalized spacial score (nSPS) is 13.6. The lowest BCUT2D eigenvalue weighted by atomic mass is 9.92. The first-order valence-corrected chi connectivity index (χ1v) is 6.48. The van der Waals surface area contributed by atoms with E-state index in [1.807, 2.05) is 6.92 Å². The first kappa shape index (κ1) is 15.0. The lowest BCUT2D eigenvalue weighted by Crippen LogP contribution is -2.11. The minimum atomic E-state index is -4.28. The summed E-state index contributed by atoms with van der Waals surface area (Å²) in [4.78, 5) is 3.82. The molecule has 0 radical (unpaired) electrons. The molecule has 1 nitrogen and oxygen atoms in total. The van der Waals surface area contributed by atoms with Crippen LogP contribution in [0.2, 0.25) is 0 Å². The Bertz CT molecular complexity index is 360. The fraction of sp³-hybridized carbons (Fsp3) is 0.643. The van der Waals surface area contributed by atoms with E-state index in [0.29, 0.717) is 5.56 Å². The minimum absolute atomic E-state index is 0.0906. The van der Waals surface area contributed by atoms with Crippen LogP contribution in [0.5, 0.6) is 0 Å². The zero-order valence-corrected chi connectivity index (χ0v) is 10.9. The van der Waals surface area contributed by atoms with Gasteiger partial charge in [0.25, 0.3) is 0 Å². The van der Waals surface area contributed by atoms with Crippen LogP contribution in [-0.2, 0) is 6.18 Å². The van der Waals surface area contributed by atoms with Crippen molar-refractivity contribution in [3.63, 3.8) is 0 Å². The quantitative estimate of drug-likeness (QED) is 0.642. The molecule has 0 spiro atoms. The fourth-order valence-electron chi connectivity index (χ4n) is 2.09. The molecular formula is C14H20F3N. The predicted molar refractivity (Wildman–Crippen MR) is 66.4 cm³/mol. The predicted octanol–water partition coefficient (Wildman–Crippen LogP) is 5.17. The SMILES string of the molecule is CCCCCCC(C)c1cnccc1C(F)(F)F. The number of halogens is 3. The van der Waals surface area contributed by atoms with Crippen LogP contribution in [0.4, 0.5) is 13.2 Å². The highest BCUT2D eigenvalue weighted by molar-refractivity contribution is 5.29. The molecule has 102 valence electrons. The van der Waals surface area contributed by atoms with Gasteiger partial charge in [-0.05, 0) is 24.0 Å². The van der Waals surface area contributed by atoms with Crippen molar-refractivity contribution in [2.45, 2.75) is 58.0 Å². The molecule has 0 saturated heterocycles. The van der Waals surface area contributed by atoms with Crippen molar-refractivity contribution in [3.05, 3.63) is 29.6 Å². The van der Waals surface area contributed by atoms with Gasteiger partial charge in [-0.3, -0.25) is 4.98 Å². The first-order valence-electron chi connectivity index (χ1n) is 6.48. The van der Waals surface area contributed by atoms with Crippen molar-refractivity contribution in [1.82, 2.24) is 4.98 Å². The standard InChI is InChI=1S/C14H20F3N/c1-3-4-5-6-7-11(2)12-10-18-9-8-13(12)14(15,16)17/h8-11H,3-7H2,1-2H3. The lowest BCUT2D eigenvalue weighted by Gasteiger charge is -2.17. The van der Waals surface area contributed by atoms with Crippen molar-refractivity contribution in [2.75, 3.05) is 0 Å². The van der Waals surface area contributed by atoms with Crippen LogP contribution < -0.4 is 0 Å². The summed E-state index contributed by atoms with van der Waals surface area (Å²) < 4.78 is 38.5. The molecule has 1 aromatic heterocycles. The Morgan fingerprint density at radius 1 is 1.22 bits per heavy atom. The highest BCUT2D eigenvalue weighted by atomic mass is 19.4. The van der Waals surface area contributed by atoms with E-state index in [-0.39, 0.29) is 5.92 Å². The number of aromatic nitrogens is 1. The van der Waals surface area contributed by atoms with Gasteiger partial charge in [0.05, 0.1) is 5.56 Å². The molecule has 0 aliphatic carbocycles. The number of alkyl halides is 3. The van der Waals surface area contributed by atoms with Gasteiger partial charge < -0.3 is 0 Å². The molecule has 0 aliphatic rings. The van der Waals surface area contributed by atoms with Crippen molar-refractivity contribution in [2.24, 2.45) is 0 Å². The molecule has 1 atom stereocenters. The molecule has 0 saturated carbocycles. The van der Waals surface area contributed by atoms with Gasteiger partial charge in [-0.1, -0.05) is 39.5 Å². The smallest absolute Gasteiger partial charge is 0.264 e. The number of pyridine rings is 1. The average Bonchev–Trinajstić information content (AvgIpc) is 2.33. The molecule has 0 fully saturated rings. The highest BCUT2D eigenvalue weighted by Gasteiger charge is 2.34. The van der Waals surface area contributed by atoms with Gasteiger partial charge in [-0.15, -0.1) is 0 Å². The van der Waals surface area contributed by atoms with E-state index in [1.54, 1.807) is 0 Å². The third-order valence-electron chi connectivity index (χ3n) is 3.18. The van der Waals surface area contributed by atoms with E-state index >= 15 is 0 Å². The van der Waals surface area contributed by atoms with Crippen molar-refractivity contribution in [3.8, 4) is 0 Å². The average molecular weight is 259 g/mol. The van der Waals surface area contributed by atoms with E-state index in [0.717, 1.165) is 38.2 Å².